The van der Waals surface area contributed by atoms with Crippen molar-refractivity contribution in [1.29, 1.82) is 0 Å². The average molecular weight is 325 g/mol. The Morgan fingerprint density at radius 2 is 2.29 bits per heavy atom. The zero-order chi connectivity index (χ0) is 14.8. The van der Waals surface area contributed by atoms with E-state index in [0.29, 0.717) is 6.04 Å². The quantitative estimate of drug-likeness (QED) is 0.876. The van der Waals surface area contributed by atoms with E-state index >= 15 is 0 Å². The maximum atomic E-state index is 12.5. The zero-order valence-electron chi connectivity index (χ0n) is 12.2. The minimum atomic E-state index is 0.109. The number of carbonyl (C=O) groups is 1. The van der Waals surface area contributed by atoms with E-state index in [1.807, 2.05) is 23.9 Å². The van der Waals surface area contributed by atoms with Crippen LogP contribution in [0, 0.1) is 5.92 Å². The first-order valence-corrected chi connectivity index (χ1v) is 8.96. The van der Waals surface area contributed by atoms with E-state index in [9.17, 15) is 4.79 Å². The zero-order valence-corrected chi connectivity index (χ0v) is 13.8. The second-order valence-corrected chi connectivity index (χ2v) is 7.53. The maximum absolute atomic E-state index is 12.5. The molecule has 3 atom stereocenters. The normalized spacial score (nSPS) is 28.8. The molecule has 3 nitrogen and oxygen atoms in total. The fraction of sp³-hybridized carbons (Fsp3) is 0.562. The summed E-state index contributed by atoms with van der Waals surface area (Å²) in [6.45, 7) is 3.08. The van der Waals surface area contributed by atoms with Crippen molar-refractivity contribution in [1.82, 2.24) is 10.6 Å². The van der Waals surface area contributed by atoms with Gasteiger partial charge < -0.3 is 10.6 Å². The Labute approximate surface area is 135 Å². The monoisotopic (exact) mass is 324 g/mol. The minimum Gasteiger partial charge on any atom is -0.349 e. The molecule has 2 heterocycles. The number of benzene rings is 1. The van der Waals surface area contributed by atoms with Gasteiger partial charge in [0.1, 0.15) is 0 Å². The number of amides is 1. The molecule has 3 rings (SSSR count). The molecule has 1 unspecified atom stereocenters. The van der Waals surface area contributed by atoms with Gasteiger partial charge in [0.15, 0.2) is 0 Å². The van der Waals surface area contributed by atoms with Crippen LogP contribution < -0.4 is 10.6 Å². The van der Waals surface area contributed by atoms with Crippen LogP contribution in [0.1, 0.15) is 37.8 Å². The Balaban J connectivity index is 1.71. The lowest BCUT2D eigenvalue weighted by molar-refractivity contribution is -0.126. The number of halogens is 1. The van der Waals surface area contributed by atoms with Gasteiger partial charge >= 0.3 is 0 Å². The smallest absolute Gasteiger partial charge is 0.223 e. The number of nitrogens with one attached hydrogen (secondary N) is 2. The SMILES string of the molecule is C[C@H]1C[C@@H](C(=O)NC2CCSc3ccc(Cl)cc32)CCN1. The Morgan fingerprint density at radius 1 is 1.43 bits per heavy atom. The van der Waals surface area contributed by atoms with Crippen LogP contribution in [0.3, 0.4) is 0 Å². The molecule has 0 aliphatic carbocycles. The first kappa shape index (κ1) is 15.2. The molecule has 2 aliphatic heterocycles. The van der Waals surface area contributed by atoms with Gasteiger partial charge in [0.25, 0.3) is 0 Å². The van der Waals surface area contributed by atoms with Crippen LogP contribution in [0.5, 0.6) is 0 Å². The molecular weight excluding hydrogens is 304 g/mol. The molecule has 1 saturated heterocycles. The lowest BCUT2D eigenvalue weighted by Gasteiger charge is -2.31. The van der Waals surface area contributed by atoms with Crippen LogP contribution in [0.2, 0.25) is 5.02 Å². The molecule has 1 aromatic rings. The number of carbonyl (C=O) groups excluding carboxylic acids is 1. The Kier molecular flexibility index (Phi) is 4.77. The molecule has 0 aromatic heterocycles. The summed E-state index contributed by atoms with van der Waals surface area (Å²) in [6, 6.07) is 6.52. The number of hydrogen-bond acceptors (Lipinski definition) is 3. The summed E-state index contributed by atoms with van der Waals surface area (Å²) in [5, 5.41) is 7.39. The molecule has 0 saturated carbocycles. The largest absolute Gasteiger partial charge is 0.349 e. The Morgan fingerprint density at radius 3 is 3.10 bits per heavy atom. The van der Waals surface area contributed by atoms with Gasteiger partial charge in [0.2, 0.25) is 5.91 Å². The second kappa shape index (κ2) is 6.59. The molecule has 1 aromatic carbocycles. The van der Waals surface area contributed by atoms with Crippen molar-refractivity contribution < 1.29 is 4.79 Å². The summed E-state index contributed by atoms with van der Waals surface area (Å²) in [5.74, 6) is 1.38. The van der Waals surface area contributed by atoms with E-state index in [4.69, 9.17) is 11.6 Å². The van der Waals surface area contributed by atoms with Crippen molar-refractivity contribution in [2.24, 2.45) is 5.92 Å². The molecule has 2 aliphatic rings. The summed E-state index contributed by atoms with van der Waals surface area (Å²) in [6.07, 6.45) is 2.83. The van der Waals surface area contributed by atoms with Crippen molar-refractivity contribution in [3.63, 3.8) is 0 Å². The Bertz CT molecular complexity index is 537. The summed E-state index contributed by atoms with van der Waals surface area (Å²) in [5.41, 5.74) is 1.18. The average Bonchev–Trinajstić information content (AvgIpc) is 2.48. The third-order valence-corrected chi connectivity index (χ3v) is 5.68. The van der Waals surface area contributed by atoms with Gasteiger partial charge in [-0.05, 0) is 56.5 Å². The highest BCUT2D eigenvalue weighted by Crippen LogP contribution is 2.37. The van der Waals surface area contributed by atoms with Crippen LogP contribution in [0.4, 0.5) is 0 Å². The van der Waals surface area contributed by atoms with Crippen molar-refractivity contribution in [3.05, 3.63) is 28.8 Å². The van der Waals surface area contributed by atoms with Crippen molar-refractivity contribution in [3.8, 4) is 0 Å². The number of fused-ring (bicyclic) bond motifs is 1. The standard InChI is InChI=1S/C16H21ClN2OS/c1-10-8-11(4-6-18-10)16(20)19-14-5-7-21-15-3-2-12(17)9-13(14)15/h2-3,9-11,14,18H,4-8H2,1H3,(H,19,20)/t10-,11-,14?/m0/s1. The van der Waals surface area contributed by atoms with E-state index < -0.39 is 0 Å². The first-order chi connectivity index (χ1) is 10.1. The van der Waals surface area contributed by atoms with E-state index in [-0.39, 0.29) is 17.9 Å². The van der Waals surface area contributed by atoms with Gasteiger partial charge in [-0.2, -0.15) is 0 Å². The second-order valence-electron chi connectivity index (χ2n) is 5.96. The van der Waals surface area contributed by atoms with Crippen LogP contribution in [-0.4, -0.2) is 24.2 Å². The van der Waals surface area contributed by atoms with Crippen molar-refractivity contribution >= 4 is 29.3 Å². The lowest BCUT2D eigenvalue weighted by atomic mass is 9.91. The highest BCUT2D eigenvalue weighted by atomic mass is 35.5. The van der Waals surface area contributed by atoms with Gasteiger partial charge in [-0.3, -0.25) is 4.79 Å². The summed E-state index contributed by atoms with van der Waals surface area (Å²) in [7, 11) is 0. The summed E-state index contributed by atoms with van der Waals surface area (Å²) in [4.78, 5) is 13.8. The minimum absolute atomic E-state index is 0.109. The molecule has 0 radical (unpaired) electrons. The predicted octanol–water partition coefficient (Wildman–Crippen LogP) is 3.38. The maximum Gasteiger partial charge on any atom is 0.223 e. The van der Waals surface area contributed by atoms with E-state index in [1.54, 1.807) is 0 Å². The van der Waals surface area contributed by atoms with Crippen molar-refractivity contribution in [2.45, 2.75) is 43.2 Å². The molecular formula is C16H21ClN2OS. The van der Waals surface area contributed by atoms with Crippen LogP contribution in [0.15, 0.2) is 23.1 Å². The van der Waals surface area contributed by atoms with E-state index in [1.165, 1.54) is 10.5 Å². The molecule has 21 heavy (non-hydrogen) atoms. The van der Waals surface area contributed by atoms with Gasteiger partial charge in [-0.1, -0.05) is 11.6 Å². The van der Waals surface area contributed by atoms with Crippen LogP contribution in [0.25, 0.3) is 0 Å². The highest BCUT2D eigenvalue weighted by Gasteiger charge is 2.28. The van der Waals surface area contributed by atoms with Crippen LogP contribution in [-0.2, 0) is 4.79 Å². The third-order valence-electron chi connectivity index (χ3n) is 4.32. The van der Waals surface area contributed by atoms with E-state index in [2.05, 4.69) is 23.6 Å². The fourth-order valence-corrected chi connectivity index (χ4v) is 4.46. The van der Waals surface area contributed by atoms with Gasteiger partial charge in [-0.15, -0.1) is 11.8 Å². The number of rotatable bonds is 2. The lowest BCUT2D eigenvalue weighted by Crippen LogP contribution is -2.43. The topological polar surface area (TPSA) is 41.1 Å². The number of piperidine rings is 1. The van der Waals surface area contributed by atoms with Crippen molar-refractivity contribution in [2.75, 3.05) is 12.3 Å². The Hall–Kier alpha value is -0.710. The summed E-state index contributed by atoms with van der Waals surface area (Å²) < 4.78 is 0. The fourth-order valence-electron chi connectivity index (χ4n) is 3.17. The third kappa shape index (κ3) is 3.55. The molecule has 2 N–H and O–H groups in total. The van der Waals surface area contributed by atoms with Gasteiger partial charge in [0.05, 0.1) is 6.04 Å². The van der Waals surface area contributed by atoms with E-state index in [0.717, 1.165) is 36.6 Å². The molecule has 0 spiro atoms. The molecule has 5 heteroatoms. The molecule has 1 amide bonds. The molecule has 1 fully saturated rings. The first-order valence-electron chi connectivity index (χ1n) is 7.59. The van der Waals surface area contributed by atoms with Gasteiger partial charge in [0, 0.05) is 27.6 Å². The number of hydrogen-bond donors (Lipinski definition) is 2. The predicted molar refractivity (Wildman–Crippen MR) is 87.9 cm³/mol. The molecule has 0 bridgehead atoms. The number of thioether (sulfide) groups is 1. The highest BCUT2D eigenvalue weighted by molar-refractivity contribution is 7.99. The van der Waals surface area contributed by atoms with Gasteiger partial charge in [-0.25, -0.2) is 0 Å². The molecule has 114 valence electrons. The van der Waals surface area contributed by atoms with Crippen LogP contribution >= 0.6 is 23.4 Å². The summed E-state index contributed by atoms with van der Waals surface area (Å²) >= 11 is 7.96.